The Bertz CT molecular complexity index is 523. The van der Waals surface area contributed by atoms with E-state index >= 15 is 0 Å². The van der Waals surface area contributed by atoms with Crippen LogP contribution in [-0.4, -0.2) is 32.9 Å². The van der Waals surface area contributed by atoms with Crippen molar-refractivity contribution in [3.8, 4) is 0 Å². The van der Waals surface area contributed by atoms with Gasteiger partial charge in [-0.3, -0.25) is 0 Å². The highest BCUT2D eigenvalue weighted by Crippen LogP contribution is 2.31. The van der Waals surface area contributed by atoms with Crippen molar-refractivity contribution in [2.45, 2.75) is 23.7 Å². The number of nitrogens with zero attached hydrogens (tertiary/aromatic N) is 1. The van der Waals surface area contributed by atoms with Crippen molar-refractivity contribution in [1.82, 2.24) is 0 Å². The Morgan fingerprint density at radius 3 is 2.10 bits per heavy atom. The summed E-state index contributed by atoms with van der Waals surface area (Å²) in [5, 5.41) is 0. The zero-order chi connectivity index (χ0) is 15.4. The van der Waals surface area contributed by atoms with E-state index in [0.29, 0.717) is 24.7 Å². The first-order valence-electron chi connectivity index (χ1n) is 5.96. The monoisotopic (exact) mass is 329 g/mol. The second-order valence-electron chi connectivity index (χ2n) is 4.12. The molecule has 1 rings (SSSR count). The summed E-state index contributed by atoms with van der Waals surface area (Å²) in [6.45, 7) is 3.20. The fraction of sp³-hybridized carbons (Fsp3) is 0.500. The predicted octanol–water partition coefficient (Wildman–Crippen LogP) is 3.44. The van der Waals surface area contributed by atoms with E-state index in [-0.39, 0.29) is 0 Å². The van der Waals surface area contributed by atoms with E-state index in [1.807, 2.05) is 11.8 Å². The van der Waals surface area contributed by atoms with Gasteiger partial charge in [0.1, 0.15) is 0 Å². The van der Waals surface area contributed by atoms with Gasteiger partial charge in [0, 0.05) is 24.7 Å². The van der Waals surface area contributed by atoms with Crippen LogP contribution < -0.4 is 4.90 Å². The lowest BCUT2D eigenvalue weighted by molar-refractivity contribution is -0.0436. The Labute approximate surface area is 121 Å². The summed E-state index contributed by atoms with van der Waals surface area (Å²) in [6, 6.07) is 4.66. The van der Waals surface area contributed by atoms with E-state index in [9.17, 15) is 21.6 Å². The number of rotatable bonds is 6. The minimum Gasteiger partial charge on any atom is -0.370 e. The molecule has 0 aliphatic rings. The smallest absolute Gasteiger partial charge is 0.370 e. The molecule has 0 fully saturated rings. The molecule has 1 aromatic carbocycles. The second kappa shape index (κ2) is 6.67. The van der Waals surface area contributed by atoms with E-state index in [2.05, 4.69) is 0 Å². The largest absolute Gasteiger partial charge is 0.501 e. The number of alkyl halides is 4. The summed E-state index contributed by atoms with van der Waals surface area (Å²) < 4.78 is 59.7. The molecule has 0 atom stereocenters. The molecule has 3 nitrogen and oxygen atoms in total. The number of sulfone groups is 1. The highest BCUT2D eigenvalue weighted by atomic mass is 35.5. The average molecular weight is 330 g/mol. The number of halogens is 4. The summed E-state index contributed by atoms with van der Waals surface area (Å²) in [6.07, 6.45) is 0.847. The van der Waals surface area contributed by atoms with Crippen molar-refractivity contribution in [3.63, 3.8) is 0 Å². The van der Waals surface area contributed by atoms with Crippen LogP contribution >= 0.6 is 11.6 Å². The molecule has 1 aromatic rings. The normalized spacial score (nSPS) is 12.4. The molecule has 0 heterocycles. The molecule has 0 aliphatic carbocycles. The lowest BCUT2D eigenvalue weighted by atomic mass is 10.2. The van der Waals surface area contributed by atoms with Crippen LogP contribution in [0.4, 0.5) is 18.9 Å². The third-order valence-electron chi connectivity index (χ3n) is 2.66. The molecule has 0 aromatic heterocycles. The van der Waals surface area contributed by atoms with E-state index in [0.717, 1.165) is 18.6 Å². The summed E-state index contributed by atoms with van der Waals surface area (Å²) in [4.78, 5) is 1.13. The van der Waals surface area contributed by atoms with Gasteiger partial charge in [0.05, 0.1) is 4.90 Å². The Morgan fingerprint density at radius 1 is 1.15 bits per heavy atom. The Morgan fingerprint density at radius 2 is 1.70 bits per heavy atom. The Kier molecular flexibility index (Phi) is 5.70. The molecule has 0 N–H and O–H groups in total. The van der Waals surface area contributed by atoms with Gasteiger partial charge in [-0.05, 0) is 30.7 Å². The summed E-state index contributed by atoms with van der Waals surface area (Å²) >= 11 is 5.66. The molecule has 114 valence electrons. The molecule has 0 spiro atoms. The van der Waals surface area contributed by atoms with Crippen LogP contribution in [0.25, 0.3) is 0 Å². The van der Waals surface area contributed by atoms with E-state index in [4.69, 9.17) is 11.6 Å². The van der Waals surface area contributed by atoms with Crippen LogP contribution in [-0.2, 0) is 9.84 Å². The molecule has 0 radical (unpaired) electrons. The zero-order valence-corrected chi connectivity index (χ0v) is 12.4. The molecule has 0 unspecified atom stereocenters. The molecule has 0 saturated carbocycles. The molecule has 8 heteroatoms. The van der Waals surface area contributed by atoms with Crippen LogP contribution in [0.5, 0.6) is 0 Å². The van der Waals surface area contributed by atoms with Gasteiger partial charge < -0.3 is 4.90 Å². The van der Waals surface area contributed by atoms with Crippen LogP contribution in [0.1, 0.15) is 13.3 Å². The van der Waals surface area contributed by atoms with E-state index in [1.165, 1.54) is 12.1 Å². The quantitative estimate of drug-likeness (QED) is 0.750. The van der Waals surface area contributed by atoms with Crippen molar-refractivity contribution in [2.75, 3.05) is 23.9 Å². The third kappa shape index (κ3) is 3.79. The van der Waals surface area contributed by atoms with Crippen LogP contribution in [0.2, 0.25) is 0 Å². The number of benzene rings is 1. The SMILES string of the molecule is CCCN(CCCl)c1ccc(S(=O)(=O)C(F)(F)F)cc1. The minimum absolute atomic E-state index is 0.378. The number of hydrogen-bond acceptors (Lipinski definition) is 3. The van der Waals surface area contributed by atoms with Crippen LogP contribution in [0, 0.1) is 0 Å². The van der Waals surface area contributed by atoms with Crippen molar-refractivity contribution in [3.05, 3.63) is 24.3 Å². The molecule has 0 aliphatic heterocycles. The standard InChI is InChI=1S/C12H15ClF3NO2S/c1-2-8-17(9-7-13)10-3-5-11(6-4-10)20(18,19)12(14,15)16/h3-6H,2,7-9H2,1H3. The van der Waals surface area contributed by atoms with Crippen molar-refractivity contribution < 1.29 is 21.6 Å². The van der Waals surface area contributed by atoms with Gasteiger partial charge in [-0.1, -0.05) is 6.92 Å². The third-order valence-corrected chi connectivity index (χ3v) is 4.34. The van der Waals surface area contributed by atoms with E-state index in [1.54, 1.807) is 0 Å². The fourth-order valence-electron chi connectivity index (χ4n) is 1.71. The van der Waals surface area contributed by atoms with Crippen molar-refractivity contribution >= 4 is 27.1 Å². The fourth-order valence-corrected chi connectivity index (χ4v) is 2.68. The maximum absolute atomic E-state index is 12.4. The number of anilines is 1. The summed E-state index contributed by atoms with van der Waals surface area (Å²) in [5.41, 5.74) is -4.64. The zero-order valence-electron chi connectivity index (χ0n) is 10.8. The van der Waals surface area contributed by atoms with Gasteiger partial charge in [-0.2, -0.15) is 13.2 Å². The molecule has 0 saturated heterocycles. The Balaban J connectivity index is 3.05. The van der Waals surface area contributed by atoms with E-state index < -0.39 is 20.2 Å². The molecule has 0 amide bonds. The van der Waals surface area contributed by atoms with Gasteiger partial charge in [0.25, 0.3) is 9.84 Å². The maximum atomic E-state index is 12.4. The highest BCUT2D eigenvalue weighted by molar-refractivity contribution is 7.92. The molecular weight excluding hydrogens is 315 g/mol. The van der Waals surface area contributed by atoms with Crippen LogP contribution in [0.15, 0.2) is 29.2 Å². The lowest BCUT2D eigenvalue weighted by Gasteiger charge is -2.23. The average Bonchev–Trinajstić information content (AvgIpc) is 2.37. The van der Waals surface area contributed by atoms with Gasteiger partial charge in [-0.15, -0.1) is 11.6 Å². The lowest BCUT2D eigenvalue weighted by Crippen LogP contribution is -2.26. The first-order chi connectivity index (χ1) is 9.24. The van der Waals surface area contributed by atoms with Crippen molar-refractivity contribution in [1.29, 1.82) is 0 Å². The molecule has 0 bridgehead atoms. The van der Waals surface area contributed by atoms with Crippen molar-refractivity contribution in [2.24, 2.45) is 0 Å². The summed E-state index contributed by atoms with van der Waals surface area (Å²) in [5.74, 6) is 0.378. The van der Waals surface area contributed by atoms with Gasteiger partial charge in [0.2, 0.25) is 0 Å². The minimum atomic E-state index is -5.29. The first kappa shape index (κ1) is 17.1. The van der Waals surface area contributed by atoms with Gasteiger partial charge in [0.15, 0.2) is 0 Å². The first-order valence-corrected chi connectivity index (χ1v) is 7.98. The molecule has 20 heavy (non-hydrogen) atoms. The molecular formula is C12H15ClF3NO2S. The topological polar surface area (TPSA) is 37.4 Å². The van der Waals surface area contributed by atoms with Crippen LogP contribution in [0.3, 0.4) is 0 Å². The Hall–Kier alpha value is -0.950. The second-order valence-corrected chi connectivity index (χ2v) is 6.44. The highest BCUT2D eigenvalue weighted by Gasteiger charge is 2.46. The van der Waals surface area contributed by atoms with Gasteiger partial charge in [-0.25, -0.2) is 8.42 Å². The number of hydrogen-bond donors (Lipinski definition) is 0. The maximum Gasteiger partial charge on any atom is 0.501 e. The summed E-state index contributed by atoms with van der Waals surface area (Å²) in [7, 11) is -5.29. The van der Waals surface area contributed by atoms with Gasteiger partial charge >= 0.3 is 5.51 Å². The predicted molar refractivity (Wildman–Crippen MR) is 72.9 cm³/mol.